The summed E-state index contributed by atoms with van der Waals surface area (Å²) in [6.07, 6.45) is 2.54. The van der Waals surface area contributed by atoms with E-state index in [0.717, 1.165) is 16.9 Å². The SMILES string of the molecule is CC1=CCN(S(=O)(=O)c2ccsc2C(=O)O)CC1. The summed E-state index contributed by atoms with van der Waals surface area (Å²) in [7, 11) is -3.70. The van der Waals surface area contributed by atoms with Gasteiger partial charge in [0.15, 0.2) is 0 Å². The Morgan fingerprint density at radius 2 is 2.22 bits per heavy atom. The molecular weight excluding hydrogens is 274 g/mol. The number of hydrogen-bond donors (Lipinski definition) is 1. The van der Waals surface area contributed by atoms with Crippen molar-refractivity contribution in [2.45, 2.75) is 18.2 Å². The Labute approximate surface area is 109 Å². The zero-order valence-corrected chi connectivity index (χ0v) is 11.4. The monoisotopic (exact) mass is 287 g/mol. The summed E-state index contributed by atoms with van der Waals surface area (Å²) in [5.74, 6) is -1.20. The smallest absolute Gasteiger partial charge is 0.347 e. The van der Waals surface area contributed by atoms with Gasteiger partial charge in [0.1, 0.15) is 9.77 Å². The number of aromatic carboxylic acids is 1. The van der Waals surface area contributed by atoms with Gasteiger partial charge < -0.3 is 5.11 Å². The van der Waals surface area contributed by atoms with Gasteiger partial charge in [-0.05, 0) is 24.8 Å². The molecule has 1 aromatic rings. The van der Waals surface area contributed by atoms with Crippen LogP contribution in [-0.4, -0.2) is 36.9 Å². The standard InChI is InChI=1S/C11H13NO4S2/c1-8-2-5-12(6-3-8)18(15,16)9-4-7-17-10(9)11(13)14/h2,4,7H,3,5-6H2,1H3,(H,13,14). The van der Waals surface area contributed by atoms with Crippen LogP contribution in [0.2, 0.25) is 0 Å². The third-order valence-corrected chi connectivity index (χ3v) is 5.78. The minimum Gasteiger partial charge on any atom is -0.477 e. The van der Waals surface area contributed by atoms with Gasteiger partial charge in [0.2, 0.25) is 10.0 Å². The van der Waals surface area contributed by atoms with Crippen molar-refractivity contribution in [3.8, 4) is 0 Å². The van der Waals surface area contributed by atoms with Gasteiger partial charge in [0.05, 0.1) is 0 Å². The van der Waals surface area contributed by atoms with Gasteiger partial charge in [-0.2, -0.15) is 4.31 Å². The van der Waals surface area contributed by atoms with Crippen molar-refractivity contribution in [1.82, 2.24) is 4.31 Å². The number of carboxylic acid groups (broad SMARTS) is 1. The van der Waals surface area contributed by atoms with Gasteiger partial charge in [-0.25, -0.2) is 13.2 Å². The van der Waals surface area contributed by atoms with Crippen LogP contribution in [-0.2, 0) is 10.0 Å². The van der Waals surface area contributed by atoms with Crippen molar-refractivity contribution >= 4 is 27.3 Å². The lowest BCUT2D eigenvalue weighted by Crippen LogP contribution is -2.35. The van der Waals surface area contributed by atoms with Gasteiger partial charge in [0, 0.05) is 13.1 Å². The fraction of sp³-hybridized carbons (Fsp3) is 0.364. The molecule has 0 aromatic carbocycles. The maximum Gasteiger partial charge on any atom is 0.347 e. The average molecular weight is 287 g/mol. The Morgan fingerprint density at radius 3 is 2.78 bits per heavy atom. The van der Waals surface area contributed by atoms with Gasteiger partial charge in [-0.3, -0.25) is 0 Å². The molecule has 0 saturated carbocycles. The van der Waals surface area contributed by atoms with Crippen LogP contribution < -0.4 is 0 Å². The van der Waals surface area contributed by atoms with Crippen molar-refractivity contribution in [3.63, 3.8) is 0 Å². The molecule has 0 radical (unpaired) electrons. The van der Waals surface area contributed by atoms with E-state index in [1.807, 2.05) is 13.0 Å². The van der Waals surface area contributed by atoms with Crippen molar-refractivity contribution in [2.24, 2.45) is 0 Å². The molecule has 0 saturated heterocycles. The molecule has 0 spiro atoms. The average Bonchev–Trinajstić information content (AvgIpc) is 2.79. The van der Waals surface area contributed by atoms with E-state index in [4.69, 9.17) is 5.11 Å². The summed E-state index contributed by atoms with van der Waals surface area (Å²) in [5.41, 5.74) is 1.16. The number of carbonyl (C=O) groups is 1. The molecule has 0 atom stereocenters. The highest BCUT2D eigenvalue weighted by Crippen LogP contribution is 2.26. The van der Waals surface area contributed by atoms with Gasteiger partial charge >= 0.3 is 5.97 Å². The maximum absolute atomic E-state index is 12.3. The quantitative estimate of drug-likeness (QED) is 0.860. The lowest BCUT2D eigenvalue weighted by molar-refractivity contribution is 0.0698. The molecule has 0 unspecified atom stereocenters. The van der Waals surface area contributed by atoms with E-state index >= 15 is 0 Å². The van der Waals surface area contributed by atoms with Crippen LogP contribution in [0.5, 0.6) is 0 Å². The molecule has 1 aromatic heterocycles. The maximum atomic E-state index is 12.3. The van der Waals surface area contributed by atoms with Crippen LogP contribution in [0.15, 0.2) is 28.0 Å². The third-order valence-electron chi connectivity index (χ3n) is 2.84. The van der Waals surface area contributed by atoms with Gasteiger partial charge in [-0.1, -0.05) is 11.6 Å². The zero-order valence-electron chi connectivity index (χ0n) is 9.79. The topological polar surface area (TPSA) is 74.7 Å². The first-order valence-corrected chi connectivity index (χ1v) is 7.71. The summed E-state index contributed by atoms with van der Waals surface area (Å²) in [6, 6.07) is 1.36. The van der Waals surface area contributed by atoms with Crippen LogP contribution in [0, 0.1) is 0 Å². The highest BCUT2D eigenvalue weighted by molar-refractivity contribution is 7.89. The van der Waals surface area contributed by atoms with E-state index in [9.17, 15) is 13.2 Å². The second-order valence-corrected chi connectivity index (χ2v) is 6.91. The fourth-order valence-corrected chi connectivity index (χ4v) is 4.38. The lowest BCUT2D eigenvalue weighted by atomic mass is 10.1. The molecule has 2 heterocycles. The zero-order chi connectivity index (χ0) is 13.3. The Bertz CT molecular complexity index is 600. The fourth-order valence-electron chi connectivity index (χ4n) is 1.77. The number of sulfonamides is 1. The molecule has 2 rings (SSSR count). The number of thiophene rings is 1. The van der Waals surface area contributed by atoms with E-state index < -0.39 is 16.0 Å². The summed E-state index contributed by atoms with van der Waals surface area (Å²) >= 11 is 0.928. The molecule has 0 bridgehead atoms. The molecule has 7 heteroatoms. The number of carboxylic acids is 1. The molecule has 0 amide bonds. The molecule has 1 aliphatic heterocycles. The molecule has 5 nitrogen and oxygen atoms in total. The molecule has 18 heavy (non-hydrogen) atoms. The largest absolute Gasteiger partial charge is 0.477 e. The summed E-state index contributed by atoms with van der Waals surface area (Å²) in [6.45, 7) is 2.67. The minimum absolute atomic E-state index is 0.104. The first kappa shape index (κ1) is 13.3. The van der Waals surface area contributed by atoms with Crippen molar-refractivity contribution in [3.05, 3.63) is 28.0 Å². The molecule has 1 aliphatic rings. The Morgan fingerprint density at radius 1 is 1.50 bits per heavy atom. The predicted octanol–water partition coefficient (Wildman–Crippen LogP) is 1.79. The van der Waals surface area contributed by atoms with Gasteiger partial charge in [-0.15, -0.1) is 11.3 Å². The highest BCUT2D eigenvalue weighted by atomic mass is 32.2. The van der Waals surface area contributed by atoms with E-state index in [-0.39, 0.29) is 9.77 Å². The number of hydrogen-bond acceptors (Lipinski definition) is 4. The van der Waals surface area contributed by atoms with E-state index in [0.29, 0.717) is 19.5 Å². The van der Waals surface area contributed by atoms with Crippen molar-refractivity contribution in [1.29, 1.82) is 0 Å². The third kappa shape index (κ3) is 2.33. The van der Waals surface area contributed by atoms with Crippen molar-refractivity contribution in [2.75, 3.05) is 13.1 Å². The normalized spacial score (nSPS) is 17.5. The van der Waals surface area contributed by atoms with Crippen LogP contribution in [0.1, 0.15) is 23.0 Å². The summed E-state index contributed by atoms with van der Waals surface area (Å²) in [5, 5.41) is 10.5. The summed E-state index contributed by atoms with van der Waals surface area (Å²) < 4.78 is 26.0. The lowest BCUT2D eigenvalue weighted by Gasteiger charge is -2.24. The second kappa shape index (κ2) is 4.83. The van der Waals surface area contributed by atoms with E-state index in [1.54, 1.807) is 0 Å². The molecule has 0 aliphatic carbocycles. The van der Waals surface area contributed by atoms with Crippen LogP contribution in [0.25, 0.3) is 0 Å². The van der Waals surface area contributed by atoms with E-state index in [2.05, 4.69) is 0 Å². The predicted molar refractivity (Wildman–Crippen MR) is 68.4 cm³/mol. The second-order valence-electron chi connectivity index (χ2n) is 4.08. The van der Waals surface area contributed by atoms with Crippen molar-refractivity contribution < 1.29 is 18.3 Å². The van der Waals surface area contributed by atoms with E-state index in [1.165, 1.54) is 15.8 Å². The van der Waals surface area contributed by atoms with Crippen LogP contribution in [0.3, 0.4) is 0 Å². The molecular formula is C11H13NO4S2. The Balaban J connectivity index is 2.37. The highest BCUT2D eigenvalue weighted by Gasteiger charge is 2.30. The number of rotatable bonds is 3. The summed E-state index contributed by atoms with van der Waals surface area (Å²) in [4.78, 5) is 10.8. The minimum atomic E-state index is -3.70. The molecule has 1 N–H and O–H groups in total. The molecule has 0 fully saturated rings. The van der Waals surface area contributed by atoms with Crippen LogP contribution in [0.4, 0.5) is 0 Å². The molecule has 98 valence electrons. The number of nitrogens with zero attached hydrogens (tertiary/aromatic N) is 1. The first-order valence-electron chi connectivity index (χ1n) is 5.39. The first-order chi connectivity index (χ1) is 8.43. The Hall–Kier alpha value is -1.18. The van der Waals surface area contributed by atoms with Gasteiger partial charge in [0.25, 0.3) is 0 Å². The Kier molecular flexibility index (Phi) is 3.56. The van der Waals surface area contributed by atoms with Crippen LogP contribution >= 0.6 is 11.3 Å².